The summed E-state index contributed by atoms with van der Waals surface area (Å²) in [5, 5.41) is 3.67. The van der Waals surface area contributed by atoms with E-state index in [-0.39, 0.29) is 0 Å². The fraction of sp³-hybridized carbons (Fsp3) is 0.667. The third kappa shape index (κ3) is 4.35. The van der Waals surface area contributed by atoms with Crippen LogP contribution in [-0.2, 0) is 0 Å². The zero-order valence-electron chi connectivity index (χ0n) is 12.7. The number of nitrogens with one attached hydrogen (secondary N) is 1. The zero-order chi connectivity index (χ0) is 13.7. The van der Waals surface area contributed by atoms with E-state index < -0.39 is 0 Å². The highest BCUT2D eigenvalue weighted by Crippen LogP contribution is 2.40. The van der Waals surface area contributed by atoms with Gasteiger partial charge in [0.05, 0.1) is 0 Å². The van der Waals surface area contributed by atoms with Crippen LogP contribution in [0.4, 0.5) is 0 Å². The molecule has 106 valence electrons. The fourth-order valence-electron chi connectivity index (χ4n) is 3.35. The molecule has 0 aromatic heterocycles. The Kier molecular flexibility index (Phi) is 5.45. The Bertz CT molecular complexity index is 357. The summed E-state index contributed by atoms with van der Waals surface area (Å²) in [4.78, 5) is 0. The second-order valence-corrected chi connectivity index (χ2v) is 6.75. The molecule has 1 aliphatic carbocycles. The van der Waals surface area contributed by atoms with E-state index in [1.165, 1.54) is 25.8 Å². The topological polar surface area (TPSA) is 12.0 Å². The molecule has 0 amide bonds. The maximum Gasteiger partial charge on any atom is -0.00146 e. The van der Waals surface area contributed by atoms with Gasteiger partial charge in [0.2, 0.25) is 0 Å². The first-order valence-electron chi connectivity index (χ1n) is 7.92. The van der Waals surface area contributed by atoms with E-state index in [0.717, 1.165) is 30.2 Å². The maximum absolute atomic E-state index is 3.67. The Morgan fingerprint density at radius 3 is 2.58 bits per heavy atom. The molecule has 1 heteroatoms. The van der Waals surface area contributed by atoms with Gasteiger partial charge in [-0.2, -0.15) is 0 Å². The smallest absolute Gasteiger partial charge is 0.00146 e. The molecule has 1 aliphatic rings. The molecule has 1 nitrogen and oxygen atoms in total. The average Bonchev–Trinajstić information content (AvgIpc) is 2.41. The Balaban J connectivity index is 1.98. The summed E-state index contributed by atoms with van der Waals surface area (Å²) in [5.74, 6) is 3.20. The van der Waals surface area contributed by atoms with Crippen molar-refractivity contribution >= 4 is 0 Å². The van der Waals surface area contributed by atoms with E-state index in [4.69, 9.17) is 0 Å². The summed E-state index contributed by atoms with van der Waals surface area (Å²) in [5.41, 5.74) is 1.55. The van der Waals surface area contributed by atoms with Crippen LogP contribution in [0.3, 0.4) is 0 Å². The highest BCUT2D eigenvalue weighted by atomic mass is 14.9. The third-order valence-corrected chi connectivity index (χ3v) is 4.44. The molecule has 0 saturated heterocycles. The van der Waals surface area contributed by atoms with Crippen LogP contribution < -0.4 is 5.32 Å². The lowest BCUT2D eigenvalue weighted by Gasteiger charge is -2.35. The van der Waals surface area contributed by atoms with Gasteiger partial charge in [-0.15, -0.1) is 0 Å². The van der Waals surface area contributed by atoms with Gasteiger partial charge < -0.3 is 5.32 Å². The molecule has 19 heavy (non-hydrogen) atoms. The Hall–Kier alpha value is -0.820. The van der Waals surface area contributed by atoms with Crippen LogP contribution in [-0.4, -0.2) is 13.1 Å². The molecule has 0 spiro atoms. The first-order valence-corrected chi connectivity index (χ1v) is 7.92. The minimum atomic E-state index is 0.748. The highest BCUT2D eigenvalue weighted by molar-refractivity contribution is 5.21. The van der Waals surface area contributed by atoms with Gasteiger partial charge in [-0.3, -0.25) is 0 Å². The molecule has 2 rings (SSSR count). The van der Waals surface area contributed by atoms with E-state index >= 15 is 0 Å². The molecule has 0 bridgehead atoms. The molecule has 0 radical (unpaired) electrons. The predicted molar refractivity (Wildman–Crippen MR) is 83.4 cm³/mol. The zero-order valence-corrected chi connectivity index (χ0v) is 12.7. The van der Waals surface area contributed by atoms with Gasteiger partial charge in [-0.1, -0.05) is 57.5 Å². The van der Waals surface area contributed by atoms with Crippen molar-refractivity contribution in [3.63, 3.8) is 0 Å². The fourth-order valence-corrected chi connectivity index (χ4v) is 3.35. The van der Waals surface area contributed by atoms with E-state index in [1.54, 1.807) is 5.56 Å². The van der Waals surface area contributed by atoms with Crippen molar-refractivity contribution in [3.05, 3.63) is 35.9 Å². The van der Waals surface area contributed by atoms with Crippen molar-refractivity contribution in [1.29, 1.82) is 0 Å². The monoisotopic (exact) mass is 259 g/mol. The van der Waals surface area contributed by atoms with Crippen LogP contribution in [0.2, 0.25) is 0 Å². The molecular weight excluding hydrogens is 230 g/mol. The van der Waals surface area contributed by atoms with E-state index in [1.807, 2.05) is 0 Å². The summed E-state index contributed by atoms with van der Waals surface area (Å²) < 4.78 is 0. The number of rotatable bonds is 5. The van der Waals surface area contributed by atoms with Gasteiger partial charge in [0, 0.05) is 0 Å². The predicted octanol–water partition coefficient (Wildman–Crippen LogP) is 4.45. The molecule has 3 atom stereocenters. The lowest BCUT2D eigenvalue weighted by atomic mass is 9.71. The quantitative estimate of drug-likeness (QED) is 0.823. The van der Waals surface area contributed by atoms with Crippen molar-refractivity contribution in [1.82, 2.24) is 5.32 Å². The van der Waals surface area contributed by atoms with Crippen molar-refractivity contribution in [2.75, 3.05) is 13.1 Å². The van der Waals surface area contributed by atoms with Crippen LogP contribution in [0.1, 0.15) is 51.5 Å². The molecule has 3 unspecified atom stereocenters. The van der Waals surface area contributed by atoms with Crippen LogP contribution in [0.25, 0.3) is 0 Å². The molecular formula is C18H29N. The maximum atomic E-state index is 3.67. The molecule has 1 fully saturated rings. The van der Waals surface area contributed by atoms with Gasteiger partial charge in [-0.25, -0.2) is 0 Å². The van der Waals surface area contributed by atoms with Crippen molar-refractivity contribution in [2.45, 2.75) is 46.0 Å². The average molecular weight is 259 g/mol. The van der Waals surface area contributed by atoms with E-state index in [9.17, 15) is 0 Å². The number of hydrogen-bond acceptors (Lipinski definition) is 1. The summed E-state index contributed by atoms with van der Waals surface area (Å²) in [7, 11) is 0. The van der Waals surface area contributed by atoms with Crippen LogP contribution in [0.5, 0.6) is 0 Å². The summed E-state index contributed by atoms with van der Waals surface area (Å²) in [6, 6.07) is 11.1. The van der Waals surface area contributed by atoms with E-state index in [0.29, 0.717) is 0 Å². The Morgan fingerprint density at radius 2 is 1.89 bits per heavy atom. The van der Waals surface area contributed by atoms with Gasteiger partial charge in [0.25, 0.3) is 0 Å². The summed E-state index contributed by atoms with van der Waals surface area (Å²) in [6.07, 6.45) is 4.14. The largest absolute Gasteiger partial charge is 0.316 e. The van der Waals surface area contributed by atoms with Crippen LogP contribution in [0, 0.1) is 17.8 Å². The SMILES string of the molecule is CC(C)CNCC1CCC(C)CC1c1ccccc1. The Morgan fingerprint density at radius 1 is 1.16 bits per heavy atom. The third-order valence-electron chi connectivity index (χ3n) is 4.44. The first-order chi connectivity index (χ1) is 9.16. The van der Waals surface area contributed by atoms with Gasteiger partial charge >= 0.3 is 0 Å². The number of benzene rings is 1. The van der Waals surface area contributed by atoms with Gasteiger partial charge in [0.15, 0.2) is 0 Å². The van der Waals surface area contributed by atoms with Crippen LogP contribution in [0.15, 0.2) is 30.3 Å². The molecule has 1 N–H and O–H groups in total. The summed E-state index contributed by atoms with van der Waals surface area (Å²) >= 11 is 0. The van der Waals surface area contributed by atoms with E-state index in [2.05, 4.69) is 56.4 Å². The highest BCUT2D eigenvalue weighted by Gasteiger charge is 2.29. The van der Waals surface area contributed by atoms with Crippen molar-refractivity contribution in [3.8, 4) is 0 Å². The minimum absolute atomic E-state index is 0.748. The van der Waals surface area contributed by atoms with Gasteiger partial charge in [-0.05, 0) is 55.2 Å². The second-order valence-electron chi connectivity index (χ2n) is 6.75. The first kappa shape index (κ1) is 14.6. The summed E-state index contributed by atoms with van der Waals surface area (Å²) in [6.45, 7) is 9.31. The normalized spacial score (nSPS) is 27.7. The molecule has 0 heterocycles. The lowest BCUT2D eigenvalue weighted by molar-refractivity contribution is 0.240. The van der Waals surface area contributed by atoms with Crippen molar-refractivity contribution < 1.29 is 0 Å². The van der Waals surface area contributed by atoms with Crippen LogP contribution >= 0.6 is 0 Å². The molecule has 1 aromatic rings. The number of hydrogen-bond donors (Lipinski definition) is 1. The molecule has 1 aromatic carbocycles. The standard InChI is InChI=1S/C18H29N/c1-14(2)12-19-13-17-10-9-15(3)11-18(17)16-7-5-4-6-8-16/h4-8,14-15,17-19H,9-13H2,1-3H3. The molecule has 0 aliphatic heterocycles. The lowest BCUT2D eigenvalue weighted by Crippen LogP contribution is -2.33. The second kappa shape index (κ2) is 7.09. The molecule has 1 saturated carbocycles. The minimum Gasteiger partial charge on any atom is -0.316 e. The van der Waals surface area contributed by atoms with Gasteiger partial charge in [0.1, 0.15) is 0 Å². The van der Waals surface area contributed by atoms with Crippen molar-refractivity contribution in [2.24, 2.45) is 17.8 Å². The Labute approximate surface area is 118 Å².